The Bertz CT molecular complexity index is 511. The van der Waals surface area contributed by atoms with Crippen LogP contribution in [0.3, 0.4) is 0 Å². The van der Waals surface area contributed by atoms with Crippen LogP contribution in [0.2, 0.25) is 5.15 Å². The number of pyridine rings is 1. The molecule has 0 aliphatic heterocycles. The predicted octanol–water partition coefficient (Wildman–Crippen LogP) is 1.61. The van der Waals surface area contributed by atoms with Crippen LogP contribution in [-0.4, -0.2) is 14.8 Å². The molecule has 3 N–H and O–H groups in total. The SMILES string of the molecule is Cn1cc(CCC(NN)c2ccnc(Cl)c2)cn1. The maximum absolute atomic E-state index is 5.87. The van der Waals surface area contributed by atoms with Gasteiger partial charge >= 0.3 is 0 Å². The largest absolute Gasteiger partial charge is 0.276 e. The lowest BCUT2D eigenvalue weighted by molar-refractivity contribution is 0.516. The first kappa shape index (κ1) is 13.0. The van der Waals surface area contributed by atoms with Crippen molar-refractivity contribution in [2.24, 2.45) is 12.9 Å². The topological polar surface area (TPSA) is 68.8 Å². The highest BCUT2D eigenvalue weighted by Crippen LogP contribution is 2.20. The number of rotatable bonds is 5. The molecule has 0 bridgehead atoms. The summed E-state index contributed by atoms with van der Waals surface area (Å²) < 4.78 is 1.80. The average Bonchev–Trinajstić information content (AvgIpc) is 2.76. The molecule has 0 aromatic carbocycles. The van der Waals surface area contributed by atoms with Crippen LogP contribution in [-0.2, 0) is 13.5 Å². The highest BCUT2D eigenvalue weighted by atomic mass is 35.5. The van der Waals surface area contributed by atoms with E-state index in [0.29, 0.717) is 5.15 Å². The number of nitrogens with one attached hydrogen (secondary N) is 1. The monoisotopic (exact) mass is 265 g/mol. The van der Waals surface area contributed by atoms with Gasteiger partial charge in [0.15, 0.2) is 0 Å². The standard InChI is InChI=1S/C12H16ClN5/c1-18-8-9(7-16-18)2-3-11(17-14)10-4-5-15-12(13)6-10/h4-8,11,17H,2-3,14H2,1H3. The number of aromatic nitrogens is 3. The molecule has 1 atom stereocenters. The molecule has 0 spiro atoms. The van der Waals surface area contributed by atoms with Gasteiger partial charge < -0.3 is 0 Å². The summed E-state index contributed by atoms with van der Waals surface area (Å²) >= 11 is 5.87. The molecule has 96 valence electrons. The summed E-state index contributed by atoms with van der Waals surface area (Å²) in [4.78, 5) is 3.96. The summed E-state index contributed by atoms with van der Waals surface area (Å²) in [6, 6.07) is 3.81. The quantitative estimate of drug-likeness (QED) is 0.490. The molecule has 2 heterocycles. The van der Waals surface area contributed by atoms with E-state index in [1.807, 2.05) is 31.6 Å². The lowest BCUT2D eigenvalue weighted by Crippen LogP contribution is -2.28. The molecule has 18 heavy (non-hydrogen) atoms. The second-order valence-electron chi connectivity index (χ2n) is 4.19. The minimum Gasteiger partial charge on any atom is -0.276 e. The molecule has 2 rings (SSSR count). The summed E-state index contributed by atoms with van der Waals surface area (Å²) in [7, 11) is 1.91. The summed E-state index contributed by atoms with van der Waals surface area (Å²) in [6.45, 7) is 0. The van der Waals surface area contributed by atoms with E-state index in [9.17, 15) is 0 Å². The van der Waals surface area contributed by atoms with Crippen LogP contribution in [0.4, 0.5) is 0 Å². The first-order chi connectivity index (χ1) is 8.69. The number of hydrogen-bond acceptors (Lipinski definition) is 4. The molecule has 6 heteroatoms. The summed E-state index contributed by atoms with van der Waals surface area (Å²) in [6.07, 6.45) is 7.34. The lowest BCUT2D eigenvalue weighted by atomic mass is 10.0. The molecule has 0 fully saturated rings. The maximum atomic E-state index is 5.87. The molecule has 5 nitrogen and oxygen atoms in total. The zero-order valence-electron chi connectivity index (χ0n) is 10.2. The molecule has 0 aliphatic rings. The van der Waals surface area contributed by atoms with E-state index in [-0.39, 0.29) is 6.04 Å². The molecule has 1 unspecified atom stereocenters. The van der Waals surface area contributed by atoms with Crippen LogP contribution in [0.25, 0.3) is 0 Å². The Labute approximate surface area is 111 Å². The lowest BCUT2D eigenvalue weighted by Gasteiger charge is -2.15. The molecule has 2 aromatic rings. The van der Waals surface area contributed by atoms with Crippen LogP contribution in [0, 0.1) is 0 Å². The van der Waals surface area contributed by atoms with Gasteiger partial charge in [0.1, 0.15) is 5.15 Å². The van der Waals surface area contributed by atoms with Crippen molar-refractivity contribution >= 4 is 11.6 Å². The number of hydrazine groups is 1. The van der Waals surface area contributed by atoms with Crippen LogP contribution < -0.4 is 11.3 Å². The van der Waals surface area contributed by atoms with Gasteiger partial charge in [-0.15, -0.1) is 0 Å². The van der Waals surface area contributed by atoms with Crippen molar-refractivity contribution in [3.05, 3.63) is 47.0 Å². The van der Waals surface area contributed by atoms with Crippen molar-refractivity contribution in [3.63, 3.8) is 0 Å². The smallest absolute Gasteiger partial charge is 0.129 e. The third-order valence-corrected chi connectivity index (χ3v) is 3.04. The average molecular weight is 266 g/mol. The number of nitrogens with zero attached hydrogens (tertiary/aromatic N) is 3. The van der Waals surface area contributed by atoms with E-state index in [2.05, 4.69) is 15.5 Å². The van der Waals surface area contributed by atoms with Gasteiger partial charge in [-0.3, -0.25) is 16.0 Å². The second kappa shape index (κ2) is 5.95. The number of aryl methyl sites for hydroxylation is 2. The summed E-state index contributed by atoms with van der Waals surface area (Å²) in [5, 5.41) is 4.62. The van der Waals surface area contributed by atoms with Crippen molar-refractivity contribution < 1.29 is 0 Å². The fraction of sp³-hybridized carbons (Fsp3) is 0.333. The Balaban J connectivity index is 2.01. The van der Waals surface area contributed by atoms with E-state index >= 15 is 0 Å². The second-order valence-corrected chi connectivity index (χ2v) is 4.58. The molecule has 0 radical (unpaired) electrons. The van der Waals surface area contributed by atoms with E-state index in [0.717, 1.165) is 18.4 Å². The van der Waals surface area contributed by atoms with Gasteiger partial charge in [0.2, 0.25) is 0 Å². The summed E-state index contributed by atoms with van der Waals surface area (Å²) in [5.41, 5.74) is 5.04. The zero-order chi connectivity index (χ0) is 13.0. The van der Waals surface area contributed by atoms with Gasteiger partial charge in [0.05, 0.1) is 6.20 Å². The normalized spacial score (nSPS) is 12.6. The van der Waals surface area contributed by atoms with Gasteiger partial charge in [0, 0.05) is 25.5 Å². The first-order valence-electron chi connectivity index (χ1n) is 5.74. The maximum Gasteiger partial charge on any atom is 0.129 e. The number of nitrogens with two attached hydrogens (primary N) is 1. The van der Waals surface area contributed by atoms with E-state index in [1.54, 1.807) is 10.9 Å². The van der Waals surface area contributed by atoms with Gasteiger partial charge in [-0.05, 0) is 36.1 Å². The van der Waals surface area contributed by atoms with Crippen molar-refractivity contribution in [2.75, 3.05) is 0 Å². The van der Waals surface area contributed by atoms with Crippen LogP contribution >= 0.6 is 11.6 Å². The molecule has 0 aliphatic carbocycles. The highest BCUT2D eigenvalue weighted by Gasteiger charge is 2.11. The molecular weight excluding hydrogens is 250 g/mol. The molecule has 0 saturated heterocycles. The zero-order valence-corrected chi connectivity index (χ0v) is 10.9. The van der Waals surface area contributed by atoms with Crippen LogP contribution in [0.5, 0.6) is 0 Å². The van der Waals surface area contributed by atoms with Gasteiger partial charge in [0.25, 0.3) is 0 Å². The third kappa shape index (κ3) is 3.29. The van der Waals surface area contributed by atoms with Gasteiger partial charge in [-0.1, -0.05) is 11.6 Å². The minimum absolute atomic E-state index is 0.0608. The van der Waals surface area contributed by atoms with Crippen molar-refractivity contribution in [1.82, 2.24) is 20.2 Å². The van der Waals surface area contributed by atoms with Gasteiger partial charge in [-0.25, -0.2) is 4.98 Å². The van der Waals surface area contributed by atoms with Crippen molar-refractivity contribution in [3.8, 4) is 0 Å². The van der Waals surface area contributed by atoms with E-state index in [4.69, 9.17) is 17.4 Å². The van der Waals surface area contributed by atoms with E-state index < -0.39 is 0 Å². The number of hydrogen-bond donors (Lipinski definition) is 2. The Morgan fingerprint density at radius 1 is 1.56 bits per heavy atom. The third-order valence-electron chi connectivity index (χ3n) is 2.83. The van der Waals surface area contributed by atoms with Crippen LogP contribution in [0.1, 0.15) is 23.6 Å². The Morgan fingerprint density at radius 3 is 3.00 bits per heavy atom. The molecule has 2 aromatic heterocycles. The minimum atomic E-state index is 0.0608. The van der Waals surface area contributed by atoms with Crippen LogP contribution in [0.15, 0.2) is 30.7 Å². The number of halogens is 1. The Morgan fingerprint density at radius 2 is 2.39 bits per heavy atom. The van der Waals surface area contributed by atoms with E-state index in [1.165, 1.54) is 5.56 Å². The Hall–Kier alpha value is -1.43. The van der Waals surface area contributed by atoms with Crippen molar-refractivity contribution in [2.45, 2.75) is 18.9 Å². The first-order valence-corrected chi connectivity index (χ1v) is 6.12. The Kier molecular flexibility index (Phi) is 4.30. The highest BCUT2D eigenvalue weighted by molar-refractivity contribution is 6.29. The molecule has 0 saturated carbocycles. The van der Waals surface area contributed by atoms with Gasteiger partial charge in [-0.2, -0.15) is 5.10 Å². The fourth-order valence-corrected chi connectivity index (χ4v) is 2.07. The van der Waals surface area contributed by atoms with Crippen molar-refractivity contribution in [1.29, 1.82) is 0 Å². The predicted molar refractivity (Wildman–Crippen MR) is 70.8 cm³/mol. The molecular formula is C12H16ClN5. The fourth-order valence-electron chi connectivity index (χ4n) is 1.89. The summed E-state index contributed by atoms with van der Waals surface area (Å²) in [5.74, 6) is 5.59. The molecule has 0 amide bonds.